The van der Waals surface area contributed by atoms with E-state index in [4.69, 9.17) is 4.98 Å². The molecule has 24 heavy (non-hydrogen) atoms. The number of para-hydroxylation sites is 2. The summed E-state index contributed by atoms with van der Waals surface area (Å²) in [6.07, 6.45) is 2.59. The number of fused-ring (bicyclic) bond motifs is 1. The number of aromatic amines is 1. The molecule has 1 aliphatic heterocycles. The van der Waals surface area contributed by atoms with Gasteiger partial charge in [-0.15, -0.1) is 0 Å². The van der Waals surface area contributed by atoms with Crippen molar-refractivity contribution >= 4 is 16.9 Å². The number of piperidine rings is 1. The van der Waals surface area contributed by atoms with Crippen LogP contribution >= 0.6 is 0 Å². The second kappa shape index (κ2) is 6.48. The van der Waals surface area contributed by atoms with Crippen molar-refractivity contribution in [2.45, 2.75) is 25.2 Å². The number of hydrogen-bond donors (Lipinski definition) is 1. The third kappa shape index (κ3) is 3.04. The summed E-state index contributed by atoms with van der Waals surface area (Å²) in [6.45, 7) is 1.61. The lowest BCUT2D eigenvalue weighted by atomic mass is 9.96. The monoisotopic (exact) mass is 319 g/mol. The molecule has 0 saturated carbocycles. The number of amides is 1. The summed E-state index contributed by atoms with van der Waals surface area (Å²) in [6, 6.07) is 18.1. The van der Waals surface area contributed by atoms with Gasteiger partial charge in [0.25, 0.3) is 0 Å². The van der Waals surface area contributed by atoms with Crippen LogP contribution in [0.3, 0.4) is 0 Å². The lowest BCUT2D eigenvalue weighted by Gasteiger charge is -2.32. The third-order valence-corrected chi connectivity index (χ3v) is 4.77. The number of aromatic nitrogens is 2. The number of likely N-dealkylation sites (tertiary alicyclic amines) is 1. The highest BCUT2D eigenvalue weighted by molar-refractivity contribution is 5.79. The number of carbonyl (C=O) groups excluding carboxylic acids is 1. The smallest absolute Gasteiger partial charge is 0.227 e. The molecule has 1 aliphatic rings. The molecule has 1 N–H and O–H groups in total. The summed E-state index contributed by atoms with van der Waals surface area (Å²) < 4.78 is 0. The molecule has 0 aliphatic carbocycles. The number of nitrogens with one attached hydrogen (secondary N) is 1. The highest BCUT2D eigenvalue weighted by atomic mass is 16.2. The number of carbonyl (C=O) groups is 1. The molecular formula is C20H21N3O. The van der Waals surface area contributed by atoms with Crippen molar-refractivity contribution < 1.29 is 4.79 Å². The summed E-state index contributed by atoms with van der Waals surface area (Å²) in [5.41, 5.74) is 3.15. The van der Waals surface area contributed by atoms with Gasteiger partial charge in [-0.1, -0.05) is 42.5 Å². The van der Waals surface area contributed by atoms with E-state index in [1.807, 2.05) is 59.5 Å². The second-order valence-electron chi connectivity index (χ2n) is 6.48. The lowest BCUT2D eigenvalue weighted by Crippen LogP contribution is -2.40. The van der Waals surface area contributed by atoms with Gasteiger partial charge < -0.3 is 9.88 Å². The maximum absolute atomic E-state index is 12.6. The largest absolute Gasteiger partial charge is 0.342 e. The molecular weight excluding hydrogens is 298 g/mol. The van der Waals surface area contributed by atoms with Crippen LogP contribution < -0.4 is 0 Å². The van der Waals surface area contributed by atoms with Crippen molar-refractivity contribution in [3.05, 3.63) is 66.0 Å². The molecule has 2 aromatic carbocycles. The standard InChI is InChI=1S/C20H21N3O/c24-19(13-15-7-2-1-3-8-15)23-12-6-9-16(14-23)20-21-17-10-4-5-11-18(17)22-20/h1-5,7-8,10-11,16H,6,9,12-14H2,(H,21,22)/t16-/m1/s1. The van der Waals surface area contributed by atoms with Gasteiger partial charge in [-0.25, -0.2) is 4.98 Å². The van der Waals surface area contributed by atoms with Crippen LogP contribution in [0.5, 0.6) is 0 Å². The van der Waals surface area contributed by atoms with Crippen LogP contribution in [0.15, 0.2) is 54.6 Å². The molecule has 1 aromatic heterocycles. The maximum atomic E-state index is 12.6. The number of benzene rings is 2. The predicted octanol–water partition coefficient (Wildman–Crippen LogP) is 3.51. The van der Waals surface area contributed by atoms with Gasteiger partial charge >= 0.3 is 0 Å². The van der Waals surface area contributed by atoms with E-state index < -0.39 is 0 Å². The molecule has 1 fully saturated rings. The fourth-order valence-electron chi connectivity index (χ4n) is 3.48. The molecule has 1 amide bonds. The van der Waals surface area contributed by atoms with Crippen molar-refractivity contribution in [3.63, 3.8) is 0 Å². The molecule has 4 heteroatoms. The third-order valence-electron chi connectivity index (χ3n) is 4.77. The van der Waals surface area contributed by atoms with Crippen LogP contribution in [-0.4, -0.2) is 33.9 Å². The van der Waals surface area contributed by atoms with E-state index in [-0.39, 0.29) is 5.91 Å². The maximum Gasteiger partial charge on any atom is 0.227 e. The van der Waals surface area contributed by atoms with Crippen molar-refractivity contribution in [2.75, 3.05) is 13.1 Å². The minimum Gasteiger partial charge on any atom is -0.342 e. The quantitative estimate of drug-likeness (QED) is 0.803. The second-order valence-corrected chi connectivity index (χ2v) is 6.48. The number of imidazole rings is 1. The Hall–Kier alpha value is -2.62. The fraction of sp³-hybridized carbons (Fsp3) is 0.300. The van der Waals surface area contributed by atoms with E-state index in [1.54, 1.807) is 0 Å². The Balaban J connectivity index is 1.48. The van der Waals surface area contributed by atoms with Gasteiger partial charge in [-0.2, -0.15) is 0 Å². The lowest BCUT2D eigenvalue weighted by molar-refractivity contribution is -0.131. The molecule has 1 saturated heterocycles. The molecule has 0 bridgehead atoms. The van der Waals surface area contributed by atoms with E-state index >= 15 is 0 Å². The minimum atomic E-state index is 0.210. The molecule has 2 heterocycles. The summed E-state index contributed by atoms with van der Waals surface area (Å²) in [5, 5.41) is 0. The summed E-state index contributed by atoms with van der Waals surface area (Å²) in [7, 11) is 0. The topological polar surface area (TPSA) is 49.0 Å². The van der Waals surface area contributed by atoms with Gasteiger partial charge in [0, 0.05) is 19.0 Å². The fourth-order valence-corrected chi connectivity index (χ4v) is 3.48. The van der Waals surface area contributed by atoms with E-state index in [9.17, 15) is 4.79 Å². The number of rotatable bonds is 3. The molecule has 1 atom stereocenters. The van der Waals surface area contributed by atoms with Crippen LogP contribution in [0.2, 0.25) is 0 Å². The van der Waals surface area contributed by atoms with Crippen LogP contribution in [-0.2, 0) is 11.2 Å². The van der Waals surface area contributed by atoms with Gasteiger partial charge in [0.05, 0.1) is 17.5 Å². The Morgan fingerprint density at radius 1 is 1.12 bits per heavy atom. The zero-order valence-electron chi connectivity index (χ0n) is 13.6. The Kier molecular flexibility index (Phi) is 4.03. The zero-order chi connectivity index (χ0) is 16.4. The first-order valence-corrected chi connectivity index (χ1v) is 8.56. The molecule has 0 unspecified atom stereocenters. The average molecular weight is 319 g/mol. The number of hydrogen-bond acceptors (Lipinski definition) is 2. The van der Waals surface area contributed by atoms with E-state index in [0.717, 1.165) is 48.4 Å². The van der Waals surface area contributed by atoms with Gasteiger partial charge in [0.1, 0.15) is 5.82 Å². The van der Waals surface area contributed by atoms with Gasteiger partial charge in [-0.05, 0) is 30.5 Å². The van der Waals surface area contributed by atoms with Crippen molar-refractivity contribution in [2.24, 2.45) is 0 Å². The summed E-state index contributed by atoms with van der Waals surface area (Å²) in [4.78, 5) is 22.8. The molecule has 122 valence electrons. The normalized spacial score (nSPS) is 18.0. The van der Waals surface area contributed by atoms with Gasteiger partial charge in [-0.3, -0.25) is 4.79 Å². The van der Waals surface area contributed by atoms with E-state index in [1.165, 1.54) is 0 Å². The Bertz CT molecular complexity index is 807. The first-order chi connectivity index (χ1) is 11.8. The Morgan fingerprint density at radius 2 is 1.92 bits per heavy atom. The SMILES string of the molecule is O=C(Cc1ccccc1)N1CCC[C@@H](c2nc3ccccc3[nH]2)C1. The highest BCUT2D eigenvalue weighted by Crippen LogP contribution is 2.27. The molecule has 4 rings (SSSR count). The van der Waals surface area contributed by atoms with Crippen LogP contribution in [0.1, 0.15) is 30.1 Å². The van der Waals surface area contributed by atoms with Crippen molar-refractivity contribution in [1.29, 1.82) is 0 Å². The molecule has 4 nitrogen and oxygen atoms in total. The Morgan fingerprint density at radius 3 is 2.75 bits per heavy atom. The van der Waals surface area contributed by atoms with Crippen molar-refractivity contribution in [3.8, 4) is 0 Å². The zero-order valence-corrected chi connectivity index (χ0v) is 13.6. The van der Waals surface area contributed by atoms with Crippen LogP contribution in [0, 0.1) is 0 Å². The molecule has 0 spiro atoms. The summed E-state index contributed by atoms with van der Waals surface area (Å²) in [5.74, 6) is 1.52. The minimum absolute atomic E-state index is 0.210. The van der Waals surface area contributed by atoms with Crippen LogP contribution in [0.25, 0.3) is 11.0 Å². The first kappa shape index (κ1) is 14.9. The number of nitrogens with zero attached hydrogens (tertiary/aromatic N) is 2. The van der Waals surface area contributed by atoms with Gasteiger partial charge in [0.2, 0.25) is 5.91 Å². The Labute approximate surface area is 141 Å². The summed E-state index contributed by atoms with van der Waals surface area (Å²) >= 11 is 0. The van der Waals surface area contributed by atoms with E-state index in [0.29, 0.717) is 12.3 Å². The number of H-pyrrole nitrogens is 1. The van der Waals surface area contributed by atoms with Gasteiger partial charge in [0.15, 0.2) is 0 Å². The highest BCUT2D eigenvalue weighted by Gasteiger charge is 2.26. The predicted molar refractivity (Wildman–Crippen MR) is 94.8 cm³/mol. The molecule has 0 radical (unpaired) electrons. The van der Waals surface area contributed by atoms with E-state index in [2.05, 4.69) is 4.98 Å². The average Bonchev–Trinajstić information content (AvgIpc) is 3.07. The molecule has 3 aromatic rings. The van der Waals surface area contributed by atoms with Crippen LogP contribution in [0.4, 0.5) is 0 Å². The van der Waals surface area contributed by atoms with Crippen molar-refractivity contribution in [1.82, 2.24) is 14.9 Å². The first-order valence-electron chi connectivity index (χ1n) is 8.56.